The van der Waals surface area contributed by atoms with Crippen LogP contribution >= 0.6 is 0 Å². The van der Waals surface area contributed by atoms with Crippen molar-refractivity contribution in [3.63, 3.8) is 0 Å². The van der Waals surface area contributed by atoms with Crippen LogP contribution in [0.4, 0.5) is 0 Å². The quantitative estimate of drug-likeness (QED) is 0.785. The lowest BCUT2D eigenvalue weighted by atomic mass is 9.75. The van der Waals surface area contributed by atoms with Crippen LogP contribution in [0.1, 0.15) is 43.4 Å². The van der Waals surface area contributed by atoms with E-state index in [9.17, 15) is 10.2 Å². The summed E-state index contributed by atoms with van der Waals surface area (Å²) < 4.78 is 0. The molecule has 1 fully saturated rings. The van der Waals surface area contributed by atoms with Crippen LogP contribution in [0.5, 0.6) is 0 Å². The topological polar surface area (TPSA) is 40.5 Å². The van der Waals surface area contributed by atoms with Crippen molar-refractivity contribution in [2.45, 2.75) is 38.4 Å². The first-order valence-corrected chi connectivity index (χ1v) is 6.55. The molecule has 1 saturated carbocycles. The smallest absolute Gasteiger partial charge is 0.0855 e. The summed E-state index contributed by atoms with van der Waals surface area (Å²) in [5.41, 5.74) is 1.48. The molecule has 0 heterocycles. The van der Waals surface area contributed by atoms with E-state index in [2.05, 4.69) is 12.8 Å². The van der Waals surface area contributed by atoms with E-state index in [4.69, 9.17) is 6.42 Å². The second-order valence-corrected chi connectivity index (χ2v) is 5.33. The average Bonchev–Trinajstić information content (AvgIpc) is 2.40. The van der Waals surface area contributed by atoms with Crippen LogP contribution in [0.25, 0.3) is 0 Å². The molecule has 0 radical (unpaired) electrons. The standard InChI is InChI=1S/C16H20O2/c1-3-12-6-4-5-7-13(12)16(18)14-10-11(2)8-9-15(14)17/h1,4-7,11,14-18H,8-10H2,2H3/t11-,14+,15+,16+/m1/s1. The number of rotatable bonds is 2. The number of benzene rings is 1. The predicted octanol–water partition coefficient (Wildman–Crippen LogP) is 2.50. The van der Waals surface area contributed by atoms with Crippen LogP contribution in [0, 0.1) is 24.2 Å². The van der Waals surface area contributed by atoms with Crippen LogP contribution in [0.15, 0.2) is 24.3 Å². The van der Waals surface area contributed by atoms with Crippen molar-refractivity contribution in [1.82, 2.24) is 0 Å². The summed E-state index contributed by atoms with van der Waals surface area (Å²) in [4.78, 5) is 0. The molecule has 1 aliphatic rings. The molecule has 0 saturated heterocycles. The maximum absolute atomic E-state index is 10.5. The van der Waals surface area contributed by atoms with E-state index in [1.165, 1.54) is 0 Å². The van der Waals surface area contributed by atoms with E-state index in [-0.39, 0.29) is 5.92 Å². The van der Waals surface area contributed by atoms with Crippen molar-refractivity contribution in [1.29, 1.82) is 0 Å². The SMILES string of the molecule is C#Cc1ccccc1[C@H](O)[C@H]1C[C@H](C)CC[C@@H]1O. The summed E-state index contributed by atoms with van der Waals surface area (Å²) in [5, 5.41) is 20.6. The van der Waals surface area contributed by atoms with Crippen LogP contribution in [-0.4, -0.2) is 16.3 Å². The molecular formula is C16H20O2. The maximum Gasteiger partial charge on any atom is 0.0855 e. The largest absolute Gasteiger partial charge is 0.393 e. The predicted molar refractivity (Wildman–Crippen MR) is 71.8 cm³/mol. The Kier molecular flexibility index (Phi) is 4.06. The van der Waals surface area contributed by atoms with Gasteiger partial charge in [-0.3, -0.25) is 0 Å². The summed E-state index contributed by atoms with van der Waals surface area (Å²) in [7, 11) is 0. The normalized spacial score (nSPS) is 29.6. The molecule has 96 valence electrons. The van der Waals surface area contributed by atoms with E-state index in [0.717, 1.165) is 30.4 Å². The fourth-order valence-electron chi connectivity index (χ4n) is 2.87. The Balaban J connectivity index is 2.24. The number of aliphatic hydroxyl groups excluding tert-OH is 2. The minimum atomic E-state index is -0.671. The first-order chi connectivity index (χ1) is 8.63. The van der Waals surface area contributed by atoms with Gasteiger partial charge in [0.05, 0.1) is 12.2 Å². The zero-order chi connectivity index (χ0) is 13.1. The molecular weight excluding hydrogens is 224 g/mol. The van der Waals surface area contributed by atoms with Gasteiger partial charge in [-0.1, -0.05) is 31.0 Å². The van der Waals surface area contributed by atoms with E-state index in [0.29, 0.717) is 5.92 Å². The molecule has 18 heavy (non-hydrogen) atoms. The Morgan fingerprint density at radius 1 is 1.33 bits per heavy atom. The van der Waals surface area contributed by atoms with Gasteiger partial charge < -0.3 is 10.2 Å². The van der Waals surface area contributed by atoms with Crippen LogP contribution in [0.2, 0.25) is 0 Å². The molecule has 1 aliphatic carbocycles. The summed E-state index contributed by atoms with van der Waals surface area (Å²) in [6.45, 7) is 2.17. The van der Waals surface area contributed by atoms with E-state index < -0.39 is 12.2 Å². The first kappa shape index (κ1) is 13.1. The van der Waals surface area contributed by atoms with Gasteiger partial charge in [0.2, 0.25) is 0 Å². The fraction of sp³-hybridized carbons (Fsp3) is 0.500. The molecule has 0 aromatic heterocycles. The van der Waals surface area contributed by atoms with E-state index in [1.807, 2.05) is 24.3 Å². The Morgan fingerprint density at radius 3 is 2.78 bits per heavy atom. The Hall–Kier alpha value is -1.30. The second-order valence-electron chi connectivity index (χ2n) is 5.33. The highest BCUT2D eigenvalue weighted by molar-refractivity contribution is 5.41. The van der Waals surface area contributed by atoms with Crippen LogP contribution < -0.4 is 0 Å². The number of hydrogen-bond acceptors (Lipinski definition) is 2. The lowest BCUT2D eigenvalue weighted by Crippen LogP contribution is -2.33. The summed E-state index contributed by atoms with van der Waals surface area (Å²) in [6, 6.07) is 7.42. The molecule has 0 unspecified atom stereocenters. The molecule has 1 aromatic rings. The van der Waals surface area contributed by atoms with Gasteiger partial charge in [0.15, 0.2) is 0 Å². The van der Waals surface area contributed by atoms with Crippen LogP contribution in [-0.2, 0) is 0 Å². The van der Waals surface area contributed by atoms with Gasteiger partial charge >= 0.3 is 0 Å². The third kappa shape index (κ3) is 2.58. The van der Waals surface area contributed by atoms with Crippen molar-refractivity contribution in [3.8, 4) is 12.3 Å². The summed E-state index contributed by atoms with van der Waals surface area (Å²) in [5.74, 6) is 3.04. The minimum absolute atomic E-state index is 0.108. The average molecular weight is 244 g/mol. The molecule has 0 aliphatic heterocycles. The third-order valence-corrected chi connectivity index (χ3v) is 3.96. The molecule has 0 spiro atoms. The van der Waals surface area contributed by atoms with Crippen molar-refractivity contribution < 1.29 is 10.2 Å². The van der Waals surface area contributed by atoms with Gasteiger partial charge in [-0.15, -0.1) is 6.42 Å². The highest BCUT2D eigenvalue weighted by Gasteiger charge is 2.33. The van der Waals surface area contributed by atoms with Gasteiger partial charge in [-0.05, 0) is 36.8 Å². The fourth-order valence-corrected chi connectivity index (χ4v) is 2.87. The molecule has 0 amide bonds. The lowest BCUT2D eigenvalue weighted by molar-refractivity contribution is -0.0260. The zero-order valence-corrected chi connectivity index (χ0v) is 10.7. The lowest BCUT2D eigenvalue weighted by Gasteiger charge is -2.35. The first-order valence-electron chi connectivity index (χ1n) is 6.55. The highest BCUT2D eigenvalue weighted by Crippen LogP contribution is 2.38. The second kappa shape index (κ2) is 5.56. The van der Waals surface area contributed by atoms with Crippen LogP contribution in [0.3, 0.4) is 0 Å². The molecule has 4 atom stereocenters. The van der Waals surface area contributed by atoms with Crippen molar-refractivity contribution in [3.05, 3.63) is 35.4 Å². The zero-order valence-electron chi connectivity index (χ0n) is 10.7. The Morgan fingerprint density at radius 2 is 2.06 bits per heavy atom. The summed E-state index contributed by atoms with van der Waals surface area (Å²) in [6.07, 6.45) is 7.00. The molecule has 2 heteroatoms. The van der Waals surface area contributed by atoms with Gasteiger partial charge in [-0.2, -0.15) is 0 Å². The Bertz CT molecular complexity index is 447. The van der Waals surface area contributed by atoms with E-state index in [1.54, 1.807) is 0 Å². The monoisotopic (exact) mass is 244 g/mol. The van der Waals surface area contributed by atoms with Crippen molar-refractivity contribution in [2.75, 3.05) is 0 Å². The highest BCUT2D eigenvalue weighted by atomic mass is 16.3. The molecule has 0 bridgehead atoms. The van der Waals surface area contributed by atoms with Crippen molar-refractivity contribution >= 4 is 0 Å². The van der Waals surface area contributed by atoms with Gasteiger partial charge in [0.1, 0.15) is 0 Å². The number of aliphatic hydroxyl groups is 2. The maximum atomic E-state index is 10.5. The van der Waals surface area contributed by atoms with Crippen molar-refractivity contribution in [2.24, 2.45) is 11.8 Å². The number of hydrogen-bond donors (Lipinski definition) is 2. The minimum Gasteiger partial charge on any atom is -0.393 e. The van der Waals surface area contributed by atoms with E-state index >= 15 is 0 Å². The van der Waals surface area contributed by atoms with Gasteiger partial charge in [0, 0.05) is 11.5 Å². The molecule has 2 nitrogen and oxygen atoms in total. The molecule has 2 N–H and O–H groups in total. The number of terminal acetylenes is 1. The van der Waals surface area contributed by atoms with Gasteiger partial charge in [-0.25, -0.2) is 0 Å². The molecule has 2 rings (SSSR count). The van der Waals surface area contributed by atoms with Gasteiger partial charge in [0.25, 0.3) is 0 Å². The summed E-state index contributed by atoms with van der Waals surface area (Å²) >= 11 is 0. The third-order valence-electron chi connectivity index (χ3n) is 3.96. The Labute approximate surface area is 109 Å². The molecule has 1 aromatic carbocycles.